The fraction of sp³-hybridized carbons (Fsp3) is 0.571. The number of hydrogen-bond acceptors (Lipinski definition) is 4. The Morgan fingerprint density at radius 3 is 2.46 bits per heavy atom. The summed E-state index contributed by atoms with van der Waals surface area (Å²) in [6.45, 7) is 7.17. The number of fused-ring (bicyclic) bond motifs is 1. The Hall–Kier alpha value is -1.37. The fourth-order valence-corrected chi connectivity index (χ4v) is 5.30. The number of allylic oxidation sites excluding steroid dienone is 1. The van der Waals surface area contributed by atoms with Crippen LogP contribution in [0.1, 0.15) is 44.1 Å². The van der Waals surface area contributed by atoms with E-state index >= 15 is 0 Å². The molecular formula is C21H31ClN2O3S. The Morgan fingerprint density at radius 1 is 1.18 bits per heavy atom. The van der Waals surface area contributed by atoms with Crippen molar-refractivity contribution in [2.24, 2.45) is 17.0 Å². The monoisotopic (exact) mass is 426 g/mol. The average molecular weight is 427 g/mol. The number of oxime groups is 1. The van der Waals surface area contributed by atoms with Gasteiger partial charge < -0.3 is 4.84 Å². The molecule has 2 aliphatic heterocycles. The highest BCUT2D eigenvalue weighted by atomic mass is 35.5. The first-order valence-electron chi connectivity index (χ1n) is 9.89. The van der Waals surface area contributed by atoms with Gasteiger partial charge in [-0.15, -0.1) is 19.0 Å². The number of sulfonamides is 1. The van der Waals surface area contributed by atoms with E-state index in [9.17, 15) is 8.42 Å². The van der Waals surface area contributed by atoms with Crippen molar-refractivity contribution in [3.05, 3.63) is 42.5 Å². The van der Waals surface area contributed by atoms with Crippen LogP contribution in [-0.4, -0.2) is 38.1 Å². The minimum atomic E-state index is -3.39. The molecule has 0 N–H and O–H groups in total. The highest BCUT2D eigenvalue weighted by molar-refractivity contribution is 7.89. The normalized spacial score (nSPS) is 22.6. The third-order valence-electron chi connectivity index (χ3n) is 5.61. The van der Waals surface area contributed by atoms with Gasteiger partial charge in [0.15, 0.2) is 0 Å². The molecule has 1 saturated heterocycles. The maximum absolute atomic E-state index is 12.5. The van der Waals surface area contributed by atoms with Crippen LogP contribution in [0.25, 0.3) is 0 Å². The molecular weight excluding hydrogens is 396 g/mol. The third kappa shape index (κ3) is 5.58. The van der Waals surface area contributed by atoms with E-state index in [-0.39, 0.29) is 18.3 Å². The SMILES string of the molecule is C=CC1CCCCC1.Cc1ccc(S(=O)(=O)N2CCC3=NOCC3C2)cc1.Cl. The molecule has 28 heavy (non-hydrogen) atoms. The second kappa shape index (κ2) is 10.4. The first-order valence-corrected chi connectivity index (χ1v) is 11.3. The summed E-state index contributed by atoms with van der Waals surface area (Å²) in [4.78, 5) is 5.40. The van der Waals surface area contributed by atoms with Crippen LogP contribution in [0.15, 0.2) is 47.0 Å². The van der Waals surface area contributed by atoms with E-state index in [1.807, 2.05) is 19.1 Å². The van der Waals surface area contributed by atoms with Crippen molar-refractivity contribution in [3.63, 3.8) is 0 Å². The van der Waals surface area contributed by atoms with Gasteiger partial charge in [0.05, 0.1) is 16.5 Å². The van der Waals surface area contributed by atoms with Crippen molar-refractivity contribution >= 4 is 28.1 Å². The molecule has 3 aliphatic rings. The maximum Gasteiger partial charge on any atom is 0.243 e. The molecule has 4 rings (SSSR count). The number of halogens is 1. The van der Waals surface area contributed by atoms with E-state index in [0.29, 0.717) is 31.0 Å². The Labute approximate surface area is 175 Å². The van der Waals surface area contributed by atoms with E-state index in [4.69, 9.17) is 4.84 Å². The zero-order valence-electron chi connectivity index (χ0n) is 16.5. The molecule has 1 saturated carbocycles. The Bertz CT molecular complexity index is 771. The van der Waals surface area contributed by atoms with Crippen molar-refractivity contribution in [2.45, 2.75) is 50.3 Å². The predicted molar refractivity (Wildman–Crippen MR) is 115 cm³/mol. The quantitative estimate of drug-likeness (QED) is 0.665. The molecule has 7 heteroatoms. The fourth-order valence-electron chi connectivity index (χ4n) is 3.81. The largest absolute Gasteiger partial charge is 0.395 e. The second-order valence-corrected chi connectivity index (χ2v) is 9.57. The first kappa shape index (κ1) is 22.9. The molecule has 5 nitrogen and oxygen atoms in total. The third-order valence-corrected chi connectivity index (χ3v) is 7.49. The van der Waals surface area contributed by atoms with Crippen molar-refractivity contribution in [1.29, 1.82) is 0 Å². The van der Waals surface area contributed by atoms with E-state index in [2.05, 4.69) is 17.8 Å². The molecule has 0 bridgehead atoms. The summed E-state index contributed by atoms with van der Waals surface area (Å²) in [5.41, 5.74) is 2.05. The number of piperidine rings is 1. The molecule has 1 aliphatic carbocycles. The minimum absolute atomic E-state index is 0. The van der Waals surface area contributed by atoms with Crippen LogP contribution in [-0.2, 0) is 14.9 Å². The molecule has 0 aromatic heterocycles. The second-order valence-electron chi connectivity index (χ2n) is 7.64. The van der Waals surface area contributed by atoms with Crippen molar-refractivity contribution in [3.8, 4) is 0 Å². The summed E-state index contributed by atoms with van der Waals surface area (Å²) in [6.07, 6.45) is 9.86. The summed E-state index contributed by atoms with van der Waals surface area (Å²) in [7, 11) is -3.39. The van der Waals surface area contributed by atoms with Gasteiger partial charge in [-0.05, 0) is 37.8 Å². The zero-order chi connectivity index (χ0) is 19.3. The van der Waals surface area contributed by atoms with Crippen LogP contribution in [0.2, 0.25) is 0 Å². The molecule has 1 aromatic rings. The number of aryl methyl sites for hydroxylation is 1. The van der Waals surface area contributed by atoms with Crippen LogP contribution < -0.4 is 0 Å². The lowest BCUT2D eigenvalue weighted by Crippen LogP contribution is -2.43. The zero-order valence-corrected chi connectivity index (χ0v) is 18.2. The van der Waals surface area contributed by atoms with Gasteiger partial charge in [0, 0.05) is 19.5 Å². The summed E-state index contributed by atoms with van der Waals surface area (Å²) in [5.74, 6) is 0.970. The lowest BCUT2D eigenvalue weighted by atomic mass is 9.90. The summed E-state index contributed by atoms with van der Waals surface area (Å²) >= 11 is 0. The van der Waals surface area contributed by atoms with Gasteiger partial charge in [0.2, 0.25) is 10.0 Å². The van der Waals surface area contributed by atoms with Crippen LogP contribution in [0.4, 0.5) is 0 Å². The van der Waals surface area contributed by atoms with Crippen molar-refractivity contribution in [2.75, 3.05) is 19.7 Å². The Balaban J connectivity index is 0.000000264. The lowest BCUT2D eigenvalue weighted by molar-refractivity contribution is 0.149. The van der Waals surface area contributed by atoms with Crippen LogP contribution in [0, 0.1) is 18.8 Å². The van der Waals surface area contributed by atoms with Gasteiger partial charge >= 0.3 is 0 Å². The molecule has 1 atom stereocenters. The number of rotatable bonds is 3. The lowest BCUT2D eigenvalue weighted by Gasteiger charge is -2.29. The molecule has 0 amide bonds. The summed E-state index contributed by atoms with van der Waals surface area (Å²) in [6, 6.07) is 6.98. The summed E-state index contributed by atoms with van der Waals surface area (Å²) in [5, 5.41) is 3.95. The predicted octanol–water partition coefficient (Wildman–Crippen LogP) is 4.57. The van der Waals surface area contributed by atoms with E-state index in [0.717, 1.165) is 17.2 Å². The highest BCUT2D eigenvalue weighted by Crippen LogP contribution is 2.26. The smallest absolute Gasteiger partial charge is 0.243 e. The summed E-state index contributed by atoms with van der Waals surface area (Å²) < 4.78 is 26.6. The van der Waals surface area contributed by atoms with Crippen LogP contribution in [0.5, 0.6) is 0 Å². The van der Waals surface area contributed by atoms with Gasteiger partial charge in [-0.2, -0.15) is 4.31 Å². The molecule has 0 radical (unpaired) electrons. The van der Waals surface area contributed by atoms with Crippen LogP contribution in [0.3, 0.4) is 0 Å². The molecule has 2 heterocycles. The molecule has 156 valence electrons. The van der Waals surface area contributed by atoms with E-state index < -0.39 is 10.0 Å². The molecule has 0 spiro atoms. The molecule has 1 unspecified atom stereocenters. The van der Waals surface area contributed by atoms with E-state index in [1.54, 1.807) is 12.1 Å². The van der Waals surface area contributed by atoms with Gasteiger partial charge in [-0.3, -0.25) is 0 Å². The van der Waals surface area contributed by atoms with Gasteiger partial charge in [-0.25, -0.2) is 8.42 Å². The molecule has 1 aromatic carbocycles. The van der Waals surface area contributed by atoms with Crippen molar-refractivity contribution < 1.29 is 13.3 Å². The van der Waals surface area contributed by atoms with Crippen molar-refractivity contribution in [1.82, 2.24) is 4.31 Å². The van der Waals surface area contributed by atoms with Gasteiger partial charge in [0.25, 0.3) is 0 Å². The van der Waals surface area contributed by atoms with E-state index in [1.165, 1.54) is 36.4 Å². The molecule has 2 fully saturated rings. The number of hydrogen-bond donors (Lipinski definition) is 0. The van der Waals surface area contributed by atoms with Gasteiger partial charge in [0.1, 0.15) is 6.61 Å². The number of benzene rings is 1. The number of nitrogens with zero attached hydrogens (tertiary/aromatic N) is 2. The standard InChI is InChI=1S/C13H16N2O3S.C8H14.ClH/c1-10-2-4-12(5-3-10)19(16,17)15-7-6-13-11(8-15)9-18-14-13;1-2-8-6-4-3-5-7-8;/h2-5,11H,6-9H2,1H3;2,8H,1,3-7H2;1H. The average Bonchev–Trinajstić information content (AvgIpc) is 3.17. The van der Waals surface area contributed by atoms with Gasteiger partial charge in [-0.1, -0.05) is 48.2 Å². The van der Waals surface area contributed by atoms with Crippen LogP contribution >= 0.6 is 12.4 Å². The first-order chi connectivity index (χ1) is 13.0. The topological polar surface area (TPSA) is 59.0 Å². The minimum Gasteiger partial charge on any atom is -0.395 e. The Kier molecular flexibility index (Phi) is 8.53. The Morgan fingerprint density at radius 2 is 1.86 bits per heavy atom. The maximum atomic E-state index is 12.5. The highest BCUT2D eigenvalue weighted by Gasteiger charge is 2.36.